The van der Waals surface area contributed by atoms with Crippen LogP contribution in [-0.4, -0.2) is 20.7 Å². The predicted octanol–water partition coefficient (Wildman–Crippen LogP) is 3.41. The molecule has 0 unspecified atom stereocenters. The Morgan fingerprint density at radius 2 is 1.69 bits per heavy atom. The highest BCUT2D eigenvalue weighted by Crippen LogP contribution is 2.18. The molecule has 1 N–H and O–H groups in total. The second-order valence-corrected chi connectivity index (χ2v) is 6.12. The Balaban J connectivity index is 1.42. The van der Waals surface area contributed by atoms with Gasteiger partial charge in [-0.05, 0) is 28.0 Å². The van der Waals surface area contributed by atoms with Gasteiger partial charge in [0.25, 0.3) is 5.91 Å². The molecule has 0 radical (unpaired) electrons. The predicted molar refractivity (Wildman–Crippen MR) is 101 cm³/mol. The first-order chi connectivity index (χ1) is 12.8. The number of carbonyl (C=O) groups excluding carboxylic acids is 1. The maximum atomic E-state index is 12.6. The molecule has 0 fully saturated rings. The lowest BCUT2D eigenvalue weighted by Crippen LogP contribution is -2.23. The van der Waals surface area contributed by atoms with Crippen molar-refractivity contribution in [1.82, 2.24) is 20.1 Å². The molecule has 128 valence electrons. The Bertz CT molecular complexity index is 1020. The van der Waals surface area contributed by atoms with Gasteiger partial charge in [0.1, 0.15) is 12.7 Å². The molecule has 0 atom stereocenters. The lowest BCUT2D eigenvalue weighted by molar-refractivity contribution is 0.0952. The van der Waals surface area contributed by atoms with E-state index in [0.29, 0.717) is 18.7 Å². The second kappa shape index (κ2) is 7.19. The van der Waals surface area contributed by atoms with E-state index in [0.717, 1.165) is 21.9 Å². The molecule has 0 aliphatic heterocycles. The highest BCUT2D eigenvalue weighted by molar-refractivity contribution is 6.06. The fraction of sp³-hybridized carbons (Fsp3) is 0.0952. The number of amides is 1. The third-order valence-electron chi connectivity index (χ3n) is 4.32. The number of carbonyl (C=O) groups is 1. The standard InChI is InChI=1S/C21H18N4O/c26-21(20-7-3-5-18-4-1-2-6-19(18)20)23-12-16-8-10-17(11-9-16)13-25-15-22-14-24-25/h1-11,14-15H,12-13H2,(H,23,26). The maximum absolute atomic E-state index is 12.6. The lowest BCUT2D eigenvalue weighted by Gasteiger charge is -2.09. The summed E-state index contributed by atoms with van der Waals surface area (Å²) < 4.78 is 1.78. The minimum atomic E-state index is -0.0616. The van der Waals surface area contributed by atoms with Gasteiger partial charge >= 0.3 is 0 Å². The zero-order valence-corrected chi connectivity index (χ0v) is 14.2. The van der Waals surface area contributed by atoms with Crippen molar-refractivity contribution in [3.63, 3.8) is 0 Å². The third-order valence-corrected chi connectivity index (χ3v) is 4.32. The zero-order valence-electron chi connectivity index (χ0n) is 14.2. The van der Waals surface area contributed by atoms with Crippen LogP contribution in [0.2, 0.25) is 0 Å². The van der Waals surface area contributed by atoms with Crippen molar-refractivity contribution < 1.29 is 4.79 Å². The summed E-state index contributed by atoms with van der Waals surface area (Å²) >= 11 is 0. The molecular weight excluding hydrogens is 324 g/mol. The van der Waals surface area contributed by atoms with Crippen LogP contribution in [0.25, 0.3) is 10.8 Å². The van der Waals surface area contributed by atoms with Gasteiger partial charge in [0.2, 0.25) is 0 Å². The molecule has 0 bridgehead atoms. The van der Waals surface area contributed by atoms with Gasteiger partial charge in [-0.1, -0.05) is 60.7 Å². The zero-order chi connectivity index (χ0) is 17.8. The molecule has 1 heterocycles. The van der Waals surface area contributed by atoms with E-state index in [-0.39, 0.29) is 5.91 Å². The summed E-state index contributed by atoms with van der Waals surface area (Å²) in [5, 5.41) is 9.14. The molecule has 1 amide bonds. The number of rotatable bonds is 5. The Kier molecular flexibility index (Phi) is 4.43. The van der Waals surface area contributed by atoms with Gasteiger partial charge in [-0.15, -0.1) is 0 Å². The number of aromatic nitrogens is 3. The van der Waals surface area contributed by atoms with Crippen molar-refractivity contribution in [1.29, 1.82) is 0 Å². The molecule has 3 aromatic carbocycles. The molecular formula is C21H18N4O. The van der Waals surface area contributed by atoms with E-state index >= 15 is 0 Å². The van der Waals surface area contributed by atoms with Crippen molar-refractivity contribution in [2.24, 2.45) is 0 Å². The maximum Gasteiger partial charge on any atom is 0.252 e. The quantitative estimate of drug-likeness (QED) is 0.605. The van der Waals surface area contributed by atoms with Crippen molar-refractivity contribution in [3.8, 4) is 0 Å². The van der Waals surface area contributed by atoms with Crippen molar-refractivity contribution in [2.75, 3.05) is 0 Å². The molecule has 26 heavy (non-hydrogen) atoms. The number of hydrogen-bond acceptors (Lipinski definition) is 3. The summed E-state index contributed by atoms with van der Waals surface area (Å²) in [6.07, 6.45) is 3.22. The normalized spacial score (nSPS) is 10.8. The average molecular weight is 342 g/mol. The Morgan fingerprint density at radius 1 is 0.923 bits per heavy atom. The van der Waals surface area contributed by atoms with Gasteiger partial charge in [-0.2, -0.15) is 5.10 Å². The number of nitrogens with one attached hydrogen (secondary N) is 1. The summed E-state index contributed by atoms with van der Waals surface area (Å²) in [6.45, 7) is 1.17. The van der Waals surface area contributed by atoms with Crippen molar-refractivity contribution in [2.45, 2.75) is 13.1 Å². The topological polar surface area (TPSA) is 59.8 Å². The molecule has 0 aliphatic carbocycles. The van der Waals surface area contributed by atoms with Gasteiger partial charge in [0.05, 0.1) is 6.54 Å². The first-order valence-electron chi connectivity index (χ1n) is 8.46. The Morgan fingerprint density at radius 3 is 2.50 bits per heavy atom. The van der Waals surface area contributed by atoms with Gasteiger partial charge in [-0.3, -0.25) is 4.79 Å². The van der Waals surface area contributed by atoms with Gasteiger partial charge in [-0.25, -0.2) is 9.67 Å². The molecule has 0 spiro atoms. The van der Waals surface area contributed by atoms with Crippen LogP contribution in [0.4, 0.5) is 0 Å². The summed E-state index contributed by atoms with van der Waals surface area (Å²) in [5.74, 6) is -0.0616. The largest absolute Gasteiger partial charge is 0.348 e. The van der Waals surface area contributed by atoms with E-state index < -0.39 is 0 Å². The number of fused-ring (bicyclic) bond motifs is 1. The van der Waals surface area contributed by atoms with Crippen LogP contribution in [0.1, 0.15) is 21.5 Å². The van der Waals surface area contributed by atoms with Crippen LogP contribution < -0.4 is 5.32 Å². The average Bonchev–Trinajstić information content (AvgIpc) is 3.20. The monoisotopic (exact) mass is 342 g/mol. The number of nitrogens with zero attached hydrogens (tertiary/aromatic N) is 3. The fourth-order valence-electron chi connectivity index (χ4n) is 2.96. The van der Waals surface area contributed by atoms with Crippen molar-refractivity contribution >= 4 is 16.7 Å². The molecule has 0 saturated carbocycles. The molecule has 4 aromatic rings. The van der Waals surface area contributed by atoms with Gasteiger partial charge < -0.3 is 5.32 Å². The molecule has 5 nitrogen and oxygen atoms in total. The van der Waals surface area contributed by atoms with Crippen LogP contribution in [0, 0.1) is 0 Å². The Hall–Kier alpha value is -3.47. The summed E-state index contributed by atoms with van der Waals surface area (Å²) in [6, 6.07) is 21.8. The van der Waals surface area contributed by atoms with Gasteiger partial charge in [0.15, 0.2) is 0 Å². The molecule has 0 saturated heterocycles. The molecule has 0 aliphatic rings. The van der Waals surface area contributed by atoms with Crippen LogP contribution in [0.5, 0.6) is 0 Å². The van der Waals surface area contributed by atoms with E-state index in [1.54, 1.807) is 11.0 Å². The van der Waals surface area contributed by atoms with E-state index in [1.165, 1.54) is 6.33 Å². The van der Waals surface area contributed by atoms with Gasteiger partial charge in [0, 0.05) is 12.1 Å². The number of hydrogen-bond donors (Lipinski definition) is 1. The van der Waals surface area contributed by atoms with E-state index in [4.69, 9.17) is 0 Å². The highest BCUT2D eigenvalue weighted by atomic mass is 16.1. The van der Waals surface area contributed by atoms with E-state index in [9.17, 15) is 4.79 Å². The summed E-state index contributed by atoms with van der Waals surface area (Å²) in [7, 11) is 0. The third kappa shape index (κ3) is 3.47. The molecule has 5 heteroatoms. The minimum absolute atomic E-state index is 0.0616. The summed E-state index contributed by atoms with van der Waals surface area (Å²) in [4.78, 5) is 16.5. The summed E-state index contributed by atoms with van der Waals surface area (Å²) in [5.41, 5.74) is 2.89. The first-order valence-corrected chi connectivity index (χ1v) is 8.46. The highest BCUT2D eigenvalue weighted by Gasteiger charge is 2.09. The van der Waals surface area contributed by atoms with E-state index in [1.807, 2.05) is 66.7 Å². The lowest BCUT2D eigenvalue weighted by atomic mass is 10.0. The SMILES string of the molecule is O=C(NCc1ccc(Cn2cncn2)cc1)c1cccc2ccccc12. The second-order valence-electron chi connectivity index (χ2n) is 6.12. The van der Waals surface area contributed by atoms with Crippen LogP contribution in [0.15, 0.2) is 79.4 Å². The van der Waals surface area contributed by atoms with Crippen LogP contribution in [-0.2, 0) is 13.1 Å². The number of benzene rings is 3. The van der Waals surface area contributed by atoms with Crippen molar-refractivity contribution in [3.05, 3.63) is 96.1 Å². The van der Waals surface area contributed by atoms with Crippen LogP contribution in [0.3, 0.4) is 0 Å². The Labute approximate surface area is 151 Å². The van der Waals surface area contributed by atoms with Crippen LogP contribution >= 0.6 is 0 Å². The fourth-order valence-corrected chi connectivity index (χ4v) is 2.96. The van der Waals surface area contributed by atoms with E-state index in [2.05, 4.69) is 15.4 Å². The minimum Gasteiger partial charge on any atom is -0.348 e. The smallest absolute Gasteiger partial charge is 0.252 e. The first kappa shape index (κ1) is 16.0. The molecule has 1 aromatic heterocycles. The molecule has 4 rings (SSSR count).